The van der Waals surface area contributed by atoms with E-state index in [1.54, 1.807) is 0 Å². The summed E-state index contributed by atoms with van der Waals surface area (Å²) in [7, 11) is 0. The van der Waals surface area contributed by atoms with Gasteiger partial charge in [-0.2, -0.15) is 0 Å². The highest BCUT2D eigenvalue weighted by molar-refractivity contribution is 6.30. The SMILES string of the molecule is NC(=O)CC[C@@H](NC(=O)Nc1ccc(Cl)cc1F)C(=O)O. The third-order valence-corrected chi connectivity index (χ3v) is 2.70. The number of primary amides is 1. The molecule has 1 rings (SSSR count). The van der Waals surface area contributed by atoms with Crippen LogP contribution in [0.15, 0.2) is 18.2 Å². The van der Waals surface area contributed by atoms with Gasteiger partial charge in [0.05, 0.1) is 5.69 Å². The van der Waals surface area contributed by atoms with Gasteiger partial charge in [0.25, 0.3) is 0 Å². The molecular formula is C12H13ClFN3O4. The van der Waals surface area contributed by atoms with Crippen LogP contribution in [0.5, 0.6) is 0 Å². The fourth-order valence-electron chi connectivity index (χ4n) is 1.45. The van der Waals surface area contributed by atoms with Crippen LogP contribution >= 0.6 is 11.6 Å². The quantitative estimate of drug-likeness (QED) is 0.632. The van der Waals surface area contributed by atoms with Gasteiger partial charge < -0.3 is 21.5 Å². The number of amides is 3. The van der Waals surface area contributed by atoms with E-state index in [1.807, 2.05) is 0 Å². The monoisotopic (exact) mass is 317 g/mol. The highest BCUT2D eigenvalue weighted by Crippen LogP contribution is 2.18. The number of nitrogens with two attached hydrogens (primary N) is 1. The summed E-state index contributed by atoms with van der Waals surface area (Å²) in [5.41, 5.74) is 4.75. The van der Waals surface area contributed by atoms with Gasteiger partial charge in [-0.3, -0.25) is 4.79 Å². The maximum Gasteiger partial charge on any atom is 0.326 e. The van der Waals surface area contributed by atoms with Crippen LogP contribution in [-0.2, 0) is 9.59 Å². The van der Waals surface area contributed by atoms with E-state index in [-0.39, 0.29) is 23.6 Å². The number of halogens is 2. The first kappa shape index (κ1) is 16.7. The Bertz CT molecular complexity index is 567. The lowest BCUT2D eigenvalue weighted by Crippen LogP contribution is -2.43. The highest BCUT2D eigenvalue weighted by atomic mass is 35.5. The van der Waals surface area contributed by atoms with Crippen LogP contribution < -0.4 is 16.4 Å². The molecule has 0 heterocycles. The smallest absolute Gasteiger partial charge is 0.326 e. The number of rotatable bonds is 6. The van der Waals surface area contributed by atoms with Crippen LogP contribution in [0.3, 0.4) is 0 Å². The minimum atomic E-state index is -1.33. The van der Waals surface area contributed by atoms with Crippen LogP contribution in [0.25, 0.3) is 0 Å². The van der Waals surface area contributed by atoms with Crippen molar-refractivity contribution in [1.29, 1.82) is 0 Å². The summed E-state index contributed by atoms with van der Waals surface area (Å²) in [5.74, 6) is -2.78. The second-order valence-corrected chi connectivity index (χ2v) is 4.55. The molecule has 1 aromatic carbocycles. The third-order valence-electron chi connectivity index (χ3n) is 2.46. The second kappa shape index (κ2) is 7.44. The molecule has 0 radical (unpaired) electrons. The van der Waals surface area contributed by atoms with Gasteiger partial charge in [0.2, 0.25) is 5.91 Å². The molecule has 0 aliphatic rings. The summed E-state index contributed by atoms with van der Waals surface area (Å²) in [4.78, 5) is 33.2. The van der Waals surface area contributed by atoms with Crippen molar-refractivity contribution in [2.24, 2.45) is 5.73 Å². The molecule has 0 bridgehead atoms. The van der Waals surface area contributed by atoms with E-state index in [1.165, 1.54) is 12.1 Å². The lowest BCUT2D eigenvalue weighted by atomic mass is 10.1. The van der Waals surface area contributed by atoms with Crippen molar-refractivity contribution in [2.45, 2.75) is 18.9 Å². The standard InChI is InChI=1S/C12H13ClFN3O4/c13-6-1-2-8(7(14)5-6)16-12(21)17-9(11(19)20)3-4-10(15)18/h1-2,5,9H,3-4H2,(H2,15,18)(H,19,20)(H2,16,17,21)/t9-/m1/s1. The molecule has 1 atom stereocenters. The number of carboxylic acid groups (broad SMARTS) is 1. The van der Waals surface area contributed by atoms with Crippen molar-refractivity contribution in [3.8, 4) is 0 Å². The van der Waals surface area contributed by atoms with Gasteiger partial charge >= 0.3 is 12.0 Å². The number of urea groups is 1. The number of hydrogen-bond acceptors (Lipinski definition) is 3. The molecule has 3 amide bonds. The van der Waals surface area contributed by atoms with E-state index in [4.69, 9.17) is 22.4 Å². The third kappa shape index (κ3) is 5.65. The molecule has 0 fully saturated rings. The molecule has 0 aromatic heterocycles. The van der Waals surface area contributed by atoms with E-state index in [9.17, 15) is 18.8 Å². The molecule has 21 heavy (non-hydrogen) atoms. The molecule has 114 valence electrons. The van der Waals surface area contributed by atoms with Crippen molar-refractivity contribution in [3.05, 3.63) is 29.0 Å². The Labute approximate surface area is 124 Å². The van der Waals surface area contributed by atoms with Gasteiger partial charge in [0.15, 0.2) is 0 Å². The van der Waals surface area contributed by atoms with Gasteiger partial charge in [0.1, 0.15) is 11.9 Å². The first-order chi connectivity index (χ1) is 9.79. The van der Waals surface area contributed by atoms with Crippen molar-refractivity contribution >= 4 is 35.2 Å². The van der Waals surface area contributed by atoms with Crippen molar-refractivity contribution < 1.29 is 23.9 Å². The summed E-state index contributed by atoms with van der Waals surface area (Å²) < 4.78 is 13.5. The van der Waals surface area contributed by atoms with E-state index in [2.05, 4.69) is 10.6 Å². The van der Waals surface area contributed by atoms with Crippen molar-refractivity contribution in [1.82, 2.24) is 5.32 Å². The molecule has 0 aliphatic carbocycles. The Morgan fingerprint density at radius 3 is 2.57 bits per heavy atom. The zero-order chi connectivity index (χ0) is 16.0. The molecule has 0 saturated heterocycles. The Hall–Kier alpha value is -2.35. The first-order valence-corrected chi connectivity index (χ1v) is 6.21. The number of hydrogen-bond donors (Lipinski definition) is 4. The maximum absolute atomic E-state index is 13.5. The average Bonchev–Trinajstić information content (AvgIpc) is 2.37. The van der Waals surface area contributed by atoms with Gasteiger partial charge in [0, 0.05) is 11.4 Å². The fourth-order valence-corrected chi connectivity index (χ4v) is 1.61. The van der Waals surface area contributed by atoms with Gasteiger partial charge in [-0.05, 0) is 24.6 Å². The van der Waals surface area contributed by atoms with Gasteiger partial charge in [-0.25, -0.2) is 14.0 Å². The Balaban J connectivity index is 2.65. The van der Waals surface area contributed by atoms with Crippen molar-refractivity contribution in [2.75, 3.05) is 5.32 Å². The zero-order valence-corrected chi connectivity index (χ0v) is 11.5. The number of carbonyl (C=O) groups is 3. The summed E-state index contributed by atoms with van der Waals surface area (Å²) in [5, 5.41) is 13.3. The predicted octanol–water partition coefficient (Wildman–Crippen LogP) is 1.32. The summed E-state index contributed by atoms with van der Waals surface area (Å²) in [6.07, 6.45) is -0.367. The number of anilines is 1. The first-order valence-electron chi connectivity index (χ1n) is 5.83. The number of aliphatic carboxylic acids is 1. The largest absolute Gasteiger partial charge is 0.480 e. The number of benzene rings is 1. The molecule has 0 spiro atoms. The number of carboxylic acids is 1. The lowest BCUT2D eigenvalue weighted by Gasteiger charge is -2.14. The molecule has 1 aromatic rings. The average molecular weight is 318 g/mol. The Kier molecular flexibility index (Phi) is 5.92. The van der Waals surface area contributed by atoms with Crippen LogP contribution in [0.4, 0.5) is 14.9 Å². The Morgan fingerprint density at radius 1 is 1.38 bits per heavy atom. The molecule has 0 unspecified atom stereocenters. The van der Waals surface area contributed by atoms with Crippen LogP contribution in [-0.4, -0.2) is 29.1 Å². The minimum absolute atomic E-state index is 0.156. The molecule has 7 nitrogen and oxygen atoms in total. The van der Waals surface area contributed by atoms with Crippen molar-refractivity contribution in [3.63, 3.8) is 0 Å². The predicted molar refractivity (Wildman–Crippen MR) is 73.4 cm³/mol. The van der Waals surface area contributed by atoms with Gasteiger partial charge in [-0.15, -0.1) is 0 Å². The summed E-state index contributed by atoms with van der Waals surface area (Å²) >= 11 is 5.56. The minimum Gasteiger partial charge on any atom is -0.480 e. The van der Waals surface area contributed by atoms with Crippen LogP contribution in [0.2, 0.25) is 5.02 Å². The second-order valence-electron chi connectivity index (χ2n) is 4.12. The van der Waals surface area contributed by atoms with Gasteiger partial charge in [-0.1, -0.05) is 11.6 Å². The highest BCUT2D eigenvalue weighted by Gasteiger charge is 2.21. The van der Waals surface area contributed by atoms with E-state index in [0.717, 1.165) is 6.07 Å². The number of nitrogens with one attached hydrogen (secondary N) is 2. The van der Waals surface area contributed by atoms with E-state index >= 15 is 0 Å². The number of carbonyl (C=O) groups excluding carboxylic acids is 2. The molecule has 0 saturated carbocycles. The van der Waals surface area contributed by atoms with Crippen LogP contribution in [0.1, 0.15) is 12.8 Å². The normalized spacial score (nSPS) is 11.5. The molecule has 9 heteroatoms. The maximum atomic E-state index is 13.5. The van der Waals surface area contributed by atoms with E-state index in [0.29, 0.717) is 0 Å². The molecule has 0 aliphatic heterocycles. The van der Waals surface area contributed by atoms with Crippen LogP contribution in [0, 0.1) is 5.82 Å². The fraction of sp³-hybridized carbons (Fsp3) is 0.250. The molecular weight excluding hydrogens is 305 g/mol. The molecule has 5 N–H and O–H groups in total. The Morgan fingerprint density at radius 2 is 2.05 bits per heavy atom. The zero-order valence-electron chi connectivity index (χ0n) is 10.7. The summed E-state index contributed by atoms with van der Waals surface area (Å²) in [6, 6.07) is 1.36. The lowest BCUT2D eigenvalue weighted by molar-refractivity contribution is -0.139. The van der Waals surface area contributed by atoms with E-state index < -0.39 is 29.8 Å². The topological polar surface area (TPSA) is 122 Å². The summed E-state index contributed by atoms with van der Waals surface area (Å²) in [6.45, 7) is 0.